The van der Waals surface area contributed by atoms with Gasteiger partial charge < -0.3 is 0 Å². The normalized spacial score (nSPS) is 24.4. The first kappa shape index (κ1) is 12.0. The van der Waals surface area contributed by atoms with Crippen molar-refractivity contribution in [3.8, 4) is 0 Å². The van der Waals surface area contributed by atoms with E-state index in [9.17, 15) is 4.79 Å². The van der Waals surface area contributed by atoms with Crippen molar-refractivity contribution in [2.75, 3.05) is 13.1 Å². The summed E-state index contributed by atoms with van der Waals surface area (Å²) in [6.07, 6.45) is 0.745. The molecule has 0 aliphatic carbocycles. The average molecular weight is 329 g/mol. The summed E-state index contributed by atoms with van der Waals surface area (Å²) < 4.78 is 0.311. The molecule has 2 nitrogen and oxygen atoms in total. The third-order valence-corrected chi connectivity index (χ3v) is 4.40. The van der Waals surface area contributed by atoms with Gasteiger partial charge in [-0.05, 0) is 11.5 Å². The predicted molar refractivity (Wildman–Crippen MR) is 73.6 cm³/mol. The van der Waals surface area contributed by atoms with E-state index in [2.05, 4.69) is 58.7 Å². The van der Waals surface area contributed by atoms with E-state index in [0.29, 0.717) is 22.3 Å². The van der Waals surface area contributed by atoms with Crippen molar-refractivity contribution in [3.05, 3.63) is 35.9 Å². The maximum atomic E-state index is 11.6. The van der Waals surface area contributed by atoms with Crippen molar-refractivity contribution in [2.24, 2.45) is 5.92 Å². The fraction of sp³-hybridized carbons (Fsp3) is 0.462. The minimum Gasteiger partial charge on any atom is -0.298 e. The van der Waals surface area contributed by atoms with Crippen molar-refractivity contribution >= 4 is 28.4 Å². The first-order chi connectivity index (χ1) is 7.66. The van der Waals surface area contributed by atoms with Gasteiger partial charge in [-0.25, -0.2) is 0 Å². The Kier molecular flexibility index (Phi) is 3.97. The van der Waals surface area contributed by atoms with E-state index < -0.39 is 0 Å². The third kappa shape index (κ3) is 2.83. The van der Waals surface area contributed by atoms with Crippen LogP contribution in [-0.2, 0) is 4.79 Å². The van der Waals surface area contributed by atoms with Gasteiger partial charge in [-0.1, -0.05) is 59.8 Å². The van der Waals surface area contributed by atoms with Crippen LogP contribution in [0.5, 0.6) is 0 Å². The molecule has 2 atom stereocenters. The van der Waals surface area contributed by atoms with Crippen LogP contribution >= 0.6 is 22.6 Å². The number of ketones is 1. The molecule has 1 aliphatic heterocycles. The molecule has 0 amide bonds. The molecule has 86 valence electrons. The Labute approximate surface area is 110 Å². The number of rotatable bonds is 2. The molecule has 0 aromatic heterocycles. The zero-order chi connectivity index (χ0) is 11.5. The number of alkyl halides is 1. The Morgan fingerprint density at radius 2 is 2.06 bits per heavy atom. The van der Waals surface area contributed by atoms with Crippen LogP contribution in [0.3, 0.4) is 0 Å². The molecule has 0 spiro atoms. The van der Waals surface area contributed by atoms with Crippen LogP contribution in [0.1, 0.15) is 23.0 Å². The molecule has 0 radical (unpaired) electrons. The molecule has 0 saturated carbocycles. The highest BCUT2D eigenvalue weighted by Gasteiger charge is 2.27. The van der Waals surface area contributed by atoms with Crippen LogP contribution < -0.4 is 0 Å². The second-order valence-electron chi connectivity index (χ2n) is 4.52. The summed E-state index contributed by atoms with van der Waals surface area (Å²) in [7, 11) is 0. The van der Waals surface area contributed by atoms with Crippen molar-refractivity contribution in [1.82, 2.24) is 4.90 Å². The number of hydrogen-bond acceptors (Lipinski definition) is 2. The van der Waals surface area contributed by atoms with Crippen molar-refractivity contribution in [2.45, 2.75) is 17.4 Å². The number of carbonyl (C=O) groups is 1. The molecule has 3 heteroatoms. The summed E-state index contributed by atoms with van der Waals surface area (Å²) in [5.41, 5.74) is 1.28. The number of Topliss-reactive ketones (excluding diaryl/α,β-unsaturated/α-hetero) is 1. The van der Waals surface area contributed by atoms with Crippen LogP contribution in [0.25, 0.3) is 0 Å². The van der Waals surface area contributed by atoms with Gasteiger partial charge in [0.15, 0.2) is 0 Å². The van der Waals surface area contributed by atoms with Gasteiger partial charge in [-0.3, -0.25) is 9.69 Å². The second-order valence-corrected chi connectivity index (χ2v) is 5.70. The number of hydrogen-bond donors (Lipinski definition) is 0. The summed E-state index contributed by atoms with van der Waals surface area (Å²) in [5.74, 6) is 0.860. The molecule has 2 unspecified atom stereocenters. The number of benzene rings is 1. The molecule has 0 N–H and O–H groups in total. The maximum Gasteiger partial charge on any atom is 0.147 e. The van der Waals surface area contributed by atoms with Crippen LogP contribution in [0.15, 0.2) is 30.3 Å². The van der Waals surface area contributed by atoms with Gasteiger partial charge >= 0.3 is 0 Å². The van der Waals surface area contributed by atoms with E-state index in [1.54, 1.807) is 0 Å². The van der Waals surface area contributed by atoms with Gasteiger partial charge in [0.1, 0.15) is 5.78 Å². The maximum absolute atomic E-state index is 11.6. The number of likely N-dealkylation sites (tertiary alicyclic amines) is 1. The second kappa shape index (κ2) is 5.27. The van der Waals surface area contributed by atoms with E-state index in [1.807, 2.05) is 6.07 Å². The van der Waals surface area contributed by atoms with Crippen molar-refractivity contribution < 1.29 is 4.79 Å². The highest BCUT2D eigenvalue weighted by atomic mass is 127. The molecule has 2 rings (SSSR count). The standard InChI is InChI=1S/C13H16INO/c1-10-7-12(16)9-15(8-10)13(14)11-5-3-2-4-6-11/h2-6,10,13H,7-9H2,1H3. The van der Waals surface area contributed by atoms with Crippen LogP contribution in [0.2, 0.25) is 0 Å². The molecule has 0 bridgehead atoms. The molecular weight excluding hydrogens is 313 g/mol. The largest absolute Gasteiger partial charge is 0.298 e. The highest BCUT2D eigenvalue weighted by Crippen LogP contribution is 2.30. The van der Waals surface area contributed by atoms with E-state index in [4.69, 9.17) is 0 Å². The Morgan fingerprint density at radius 3 is 2.69 bits per heavy atom. The van der Waals surface area contributed by atoms with Gasteiger partial charge in [-0.15, -0.1) is 0 Å². The predicted octanol–water partition coefficient (Wildman–Crippen LogP) is 3.03. The molecule has 1 heterocycles. The van der Waals surface area contributed by atoms with Gasteiger partial charge in [0.05, 0.1) is 10.6 Å². The molecule has 1 aromatic carbocycles. The minimum atomic E-state index is 0.311. The summed E-state index contributed by atoms with van der Waals surface area (Å²) in [5, 5.41) is 0. The van der Waals surface area contributed by atoms with E-state index >= 15 is 0 Å². The summed E-state index contributed by atoms with van der Waals surface area (Å²) >= 11 is 2.42. The molecular formula is C13H16INO. The smallest absolute Gasteiger partial charge is 0.147 e. The topological polar surface area (TPSA) is 20.3 Å². The van der Waals surface area contributed by atoms with E-state index in [0.717, 1.165) is 13.0 Å². The zero-order valence-corrected chi connectivity index (χ0v) is 11.6. The molecule has 1 aliphatic rings. The van der Waals surface area contributed by atoms with Gasteiger partial charge in [0.2, 0.25) is 0 Å². The Bertz CT molecular complexity index is 365. The van der Waals surface area contributed by atoms with Crippen LogP contribution in [0.4, 0.5) is 0 Å². The summed E-state index contributed by atoms with van der Waals surface area (Å²) in [6.45, 7) is 3.78. The van der Waals surface area contributed by atoms with E-state index in [1.165, 1.54) is 5.56 Å². The third-order valence-electron chi connectivity index (χ3n) is 2.90. The van der Waals surface area contributed by atoms with Crippen molar-refractivity contribution in [1.29, 1.82) is 0 Å². The van der Waals surface area contributed by atoms with Gasteiger partial charge in [0, 0.05) is 13.0 Å². The van der Waals surface area contributed by atoms with E-state index in [-0.39, 0.29) is 0 Å². The van der Waals surface area contributed by atoms with Gasteiger partial charge in [0.25, 0.3) is 0 Å². The van der Waals surface area contributed by atoms with Crippen LogP contribution in [-0.4, -0.2) is 23.8 Å². The molecule has 1 fully saturated rings. The monoisotopic (exact) mass is 329 g/mol. The number of nitrogens with zero attached hydrogens (tertiary/aromatic N) is 1. The SMILES string of the molecule is CC1CC(=O)CN(C(I)c2ccccc2)C1. The minimum absolute atomic E-state index is 0.311. The lowest BCUT2D eigenvalue weighted by Crippen LogP contribution is -2.40. The van der Waals surface area contributed by atoms with Crippen LogP contribution in [0, 0.1) is 5.92 Å². The number of carbonyl (C=O) groups excluding carboxylic acids is 1. The van der Waals surface area contributed by atoms with Gasteiger partial charge in [-0.2, -0.15) is 0 Å². The van der Waals surface area contributed by atoms with Crippen molar-refractivity contribution in [3.63, 3.8) is 0 Å². The quantitative estimate of drug-likeness (QED) is 0.472. The highest BCUT2D eigenvalue weighted by molar-refractivity contribution is 14.1. The molecule has 1 saturated heterocycles. The Hall–Kier alpha value is -0.420. The lowest BCUT2D eigenvalue weighted by Gasteiger charge is -2.33. The lowest BCUT2D eigenvalue weighted by atomic mass is 9.99. The fourth-order valence-electron chi connectivity index (χ4n) is 2.20. The fourth-order valence-corrected chi connectivity index (χ4v) is 3.04. The first-order valence-electron chi connectivity index (χ1n) is 5.61. The number of piperidine rings is 1. The average Bonchev–Trinajstić information content (AvgIpc) is 2.28. The zero-order valence-electron chi connectivity index (χ0n) is 9.40. The summed E-state index contributed by atoms with van der Waals surface area (Å²) in [4.78, 5) is 13.8. The molecule has 16 heavy (non-hydrogen) atoms. The molecule has 1 aromatic rings. The summed E-state index contributed by atoms with van der Waals surface area (Å²) in [6, 6.07) is 10.4. The first-order valence-corrected chi connectivity index (χ1v) is 6.86. The Balaban J connectivity index is 2.10. The Morgan fingerprint density at radius 1 is 1.38 bits per heavy atom. The number of halogens is 1. The lowest BCUT2D eigenvalue weighted by molar-refractivity contribution is -0.123.